The summed E-state index contributed by atoms with van der Waals surface area (Å²) in [5.41, 5.74) is 0.523. The molecule has 0 atom stereocenters. The summed E-state index contributed by atoms with van der Waals surface area (Å²) < 4.78 is 45.5. The lowest BCUT2D eigenvalue weighted by atomic mass is 10.1. The summed E-state index contributed by atoms with van der Waals surface area (Å²) in [7, 11) is 1.89. The number of imidazole rings is 1. The molecule has 3 rings (SSSR count). The van der Waals surface area contributed by atoms with Crippen LogP contribution in [0.25, 0.3) is 22.3 Å². The largest absolute Gasteiger partial charge is 0.493 e. The minimum absolute atomic E-state index is 0.0406. The highest BCUT2D eigenvalue weighted by molar-refractivity contribution is 5.84. The van der Waals surface area contributed by atoms with Gasteiger partial charge < -0.3 is 9.72 Å². The number of likely N-dealkylation sites (N-methyl/N-ethyl adjacent to an activating group) is 1. The third kappa shape index (κ3) is 4.44. The Hall–Kier alpha value is -3.38. The van der Waals surface area contributed by atoms with Crippen LogP contribution in [0.15, 0.2) is 36.9 Å². The lowest BCUT2D eigenvalue weighted by molar-refractivity contribution is -0.138. The molecule has 3 aromatic rings. The molecule has 1 aromatic carbocycles. The molecule has 30 heavy (non-hydrogen) atoms. The van der Waals surface area contributed by atoms with Crippen LogP contribution in [0, 0.1) is 11.3 Å². The van der Waals surface area contributed by atoms with Crippen LogP contribution in [0.3, 0.4) is 0 Å². The van der Waals surface area contributed by atoms with E-state index in [0.29, 0.717) is 29.9 Å². The monoisotopic (exact) mass is 415 g/mol. The molecule has 0 saturated carbocycles. The second-order valence-electron chi connectivity index (χ2n) is 6.67. The van der Waals surface area contributed by atoms with Crippen LogP contribution in [-0.2, 0) is 12.7 Å². The maximum atomic E-state index is 13.5. The summed E-state index contributed by atoms with van der Waals surface area (Å²) in [6.45, 7) is 6.55. The van der Waals surface area contributed by atoms with Crippen molar-refractivity contribution in [1.29, 1.82) is 5.26 Å². The third-order valence-corrected chi connectivity index (χ3v) is 4.37. The molecule has 0 fully saturated rings. The first kappa shape index (κ1) is 21.3. The van der Waals surface area contributed by atoms with Gasteiger partial charge in [0.1, 0.15) is 23.2 Å². The van der Waals surface area contributed by atoms with Crippen LogP contribution in [0.2, 0.25) is 0 Å². The van der Waals surface area contributed by atoms with Crippen LogP contribution < -0.4 is 4.74 Å². The minimum atomic E-state index is -4.58. The van der Waals surface area contributed by atoms with Crippen molar-refractivity contribution >= 4 is 11.0 Å². The van der Waals surface area contributed by atoms with Crippen molar-refractivity contribution in [3.63, 3.8) is 0 Å². The highest BCUT2D eigenvalue weighted by atomic mass is 19.4. The van der Waals surface area contributed by atoms with Crippen LogP contribution in [0.5, 0.6) is 5.75 Å². The van der Waals surface area contributed by atoms with Crippen LogP contribution in [0.1, 0.15) is 24.0 Å². The zero-order chi connectivity index (χ0) is 21.9. The van der Waals surface area contributed by atoms with Gasteiger partial charge in [-0.1, -0.05) is 6.08 Å². The normalized spacial score (nSPS) is 11.6. The van der Waals surface area contributed by atoms with E-state index in [1.165, 1.54) is 12.1 Å². The molecule has 0 saturated heterocycles. The van der Waals surface area contributed by atoms with Gasteiger partial charge in [-0.2, -0.15) is 18.4 Å². The van der Waals surface area contributed by atoms with Gasteiger partial charge in [-0.25, -0.2) is 9.97 Å². The van der Waals surface area contributed by atoms with Gasteiger partial charge in [0, 0.05) is 12.1 Å². The van der Waals surface area contributed by atoms with Gasteiger partial charge >= 0.3 is 6.18 Å². The number of rotatable bonds is 7. The number of benzene rings is 1. The number of fused-ring (bicyclic) bond motifs is 1. The summed E-state index contributed by atoms with van der Waals surface area (Å²) in [4.78, 5) is 13.7. The molecule has 0 aliphatic carbocycles. The minimum Gasteiger partial charge on any atom is -0.493 e. The zero-order valence-corrected chi connectivity index (χ0v) is 16.5. The zero-order valence-electron chi connectivity index (χ0n) is 16.5. The van der Waals surface area contributed by atoms with Gasteiger partial charge in [0.05, 0.1) is 29.9 Å². The number of aromatic amines is 1. The van der Waals surface area contributed by atoms with Gasteiger partial charge in [0.15, 0.2) is 5.69 Å². The molecule has 0 amide bonds. The molecule has 0 spiro atoms. The average molecular weight is 415 g/mol. The molecule has 9 heteroatoms. The number of hydrogen-bond acceptors (Lipinski definition) is 5. The number of aromatic nitrogens is 3. The van der Waals surface area contributed by atoms with Gasteiger partial charge in [-0.3, -0.25) is 4.90 Å². The van der Waals surface area contributed by atoms with Crippen LogP contribution >= 0.6 is 0 Å². The van der Waals surface area contributed by atoms with Crippen molar-refractivity contribution in [2.75, 3.05) is 20.2 Å². The highest BCUT2D eigenvalue weighted by Gasteiger charge is 2.35. The van der Waals surface area contributed by atoms with Gasteiger partial charge in [-0.15, -0.1) is 6.58 Å². The van der Waals surface area contributed by atoms with Crippen molar-refractivity contribution in [3.8, 4) is 23.1 Å². The molecule has 0 aliphatic rings. The first-order valence-corrected chi connectivity index (χ1v) is 9.20. The Bertz CT molecular complexity index is 1110. The number of H-pyrrole nitrogens is 1. The van der Waals surface area contributed by atoms with E-state index >= 15 is 0 Å². The third-order valence-electron chi connectivity index (χ3n) is 4.37. The van der Waals surface area contributed by atoms with Crippen LogP contribution in [-0.4, -0.2) is 40.1 Å². The van der Waals surface area contributed by atoms with Crippen molar-refractivity contribution in [2.24, 2.45) is 0 Å². The lowest BCUT2D eigenvalue weighted by Gasteiger charge is -2.14. The first-order chi connectivity index (χ1) is 14.3. The maximum Gasteiger partial charge on any atom is 0.419 e. The smallest absolute Gasteiger partial charge is 0.419 e. The first-order valence-electron chi connectivity index (χ1n) is 9.20. The fourth-order valence-electron chi connectivity index (χ4n) is 3.10. The van der Waals surface area contributed by atoms with Crippen LogP contribution in [0.4, 0.5) is 13.2 Å². The molecule has 156 valence electrons. The van der Waals surface area contributed by atoms with Gasteiger partial charge in [0.2, 0.25) is 0 Å². The number of alkyl halides is 3. The summed E-state index contributed by atoms with van der Waals surface area (Å²) in [6, 6.07) is 7.31. The van der Waals surface area contributed by atoms with E-state index < -0.39 is 11.7 Å². The van der Waals surface area contributed by atoms with E-state index in [1.54, 1.807) is 19.1 Å². The Labute approximate surface area is 171 Å². The fourth-order valence-corrected chi connectivity index (χ4v) is 3.10. The van der Waals surface area contributed by atoms with E-state index in [9.17, 15) is 18.4 Å². The van der Waals surface area contributed by atoms with Gasteiger partial charge in [0.25, 0.3) is 0 Å². The topological polar surface area (TPSA) is 77.8 Å². The Morgan fingerprint density at radius 3 is 2.70 bits per heavy atom. The van der Waals surface area contributed by atoms with E-state index in [1.807, 2.05) is 18.0 Å². The number of nitriles is 1. The van der Waals surface area contributed by atoms with E-state index in [0.717, 1.165) is 6.07 Å². The summed E-state index contributed by atoms with van der Waals surface area (Å²) in [5, 5.41) is 9.49. The number of halogens is 3. The number of nitrogens with zero attached hydrogens (tertiary/aromatic N) is 4. The van der Waals surface area contributed by atoms with E-state index in [-0.39, 0.29) is 29.3 Å². The average Bonchev–Trinajstić information content (AvgIpc) is 3.09. The van der Waals surface area contributed by atoms with Crippen molar-refractivity contribution in [3.05, 3.63) is 54.0 Å². The molecule has 2 aromatic heterocycles. The highest BCUT2D eigenvalue weighted by Crippen LogP contribution is 2.39. The number of pyridine rings is 1. The predicted octanol–water partition coefficient (Wildman–Crippen LogP) is 4.53. The summed E-state index contributed by atoms with van der Waals surface area (Å²) in [6.07, 6.45) is -2.83. The van der Waals surface area contributed by atoms with Crippen molar-refractivity contribution < 1.29 is 17.9 Å². The standard InChI is InChI=1S/C21H20F3N5O/c1-4-8-29(3)12-19-27-16-10-15(26-17(11-25)20(16)28-19)13-6-7-18(30-5-2)14(9-13)21(22,23)24/h4,6-7,9-10H,1,5,8,12H2,2-3H3,(H,27,28). The molecule has 6 nitrogen and oxygen atoms in total. The molecular weight excluding hydrogens is 395 g/mol. The molecular formula is C21H20F3N5O. The second-order valence-corrected chi connectivity index (χ2v) is 6.67. The second kappa shape index (κ2) is 8.55. The molecule has 1 N–H and O–H groups in total. The predicted molar refractivity (Wildman–Crippen MR) is 107 cm³/mol. The summed E-state index contributed by atoms with van der Waals surface area (Å²) in [5.74, 6) is 0.372. The number of nitrogens with one attached hydrogen (secondary N) is 1. The Kier molecular flexibility index (Phi) is 6.08. The van der Waals surface area contributed by atoms with Crippen molar-refractivity contribution in [1.82, 2.24) is 19.9 Å². The Morgan fingerprint density at radius 2 is 2.07 bits per heavy atom. The van der Waals surface area contributed by atoms with E-state index in [2.05, 4.69) is 21.5 Å². The molecule has 0 unspecified atom stereocenters. The van der Waals surface area contributed by atoms with Gasteiger partial charge in [-0.05, 0) is 38.2 Å². The summed E-state index contributed by atoms with van der Waals surface area (Å²) >= 11 is 0. The molecule has 2 heterocycles. The Balaban J connectivity index is 2.08. The number of hydrogen-bond donors (Lipinski definition) is 1. The number of ether oxygens (including phenoxy) is 1. The fraction of sp³-hybridized carbons (Fsp3) is 0.286. The molecule has 0 aliphatic heterocycles. The van der Waals surface area contributed by atoms with E-state index in [4.69, 9.17) is 4.74 Å². The SMILES string of the molecule is C=CCN(C)Cc1nc2c(C#N)nc(-c3ccc(OCC)c(C(F)(F)F)c3)cc2[nH]1. The molecule has 0 radical (unpaired) electrons. The van der Waals surface area contributed by atoms with Crippen molar-refractivity contribution in [2.45, 2.75) is 19.6 Å². The Morgan fingerprint density at radius 1 is 1.30 bits per heavy atom. The quantitative estimate of drug-likeness (QED) is 0.574. The molecule has 0 bridgehead atoms. The maximum absolute atomic E-state index is 13.5. The lowest BCUT2D eigenvalue weighted by Crippen LogP contribution is -2.18.